The molecule has 3 rings (SSSR count). The van der Waals surface area contributed by atoms with E-state index in [9.17, 15) is 14.7 Å². The first-order valence-electron chi connectivity index (χ1n) is 7.55. The van der Waals surface area contributed by atoms with Crippen molar-refractivity contribution >= 4 is 11.8 Å². The summed E-state index contributed by atoms with van der Waals surface area (Å²) in [5.41, 5.74) is 2.00. The van der Waals surface area contributed by atoms with E-state index >= 15 is 0 Å². The SMILES string of the molecule is CCC1=C[C@@H]2C(=O)C(C(O)C3=CCC(C(=O)O)C=C3)[C@@H]2C1. The molecule has 3 unspecified atom stereocenters. The molecule has 1 saturated carbocycles. The van der Waals surface area contributed by atoms with Crippen LogP contribution in [0.5, 0.6) is 0 Å². The summed E-state index contributed by atoms with van der Waals surface area (Å²) in [6.07, 6.45) is 8.55. The monoisotopic (exact) mass is 288 g/mol. The second-order valence-electron chi connectivity index (χ2n) is 6.19. The number of hydrogen-bond acceptors (Lipinski definition) is 3. The van der Waals surface area contributed by atoms with Gasteiger partial charge in [-0.15, -0.1) is 0 Å². The molecular weight excluding hydrogens is 268 g/mol. The molecule has 0 aromatic carbocycles. The van der Waals surface area contributed by atoms with Crippen LogP contribution < -0.4 is 0 Å². The maximum atomic E-state index is 12.2. The van der Waals surface area contributed by atoms with Crippen molar-refractivity contribution in [1.82, 2.24) is 0 Å². The minimum Gasteiger partial charge on any atom is -0.481 e. The summed E-state index contributed by atoms with van der Waals surface area (Å²) in [6, 6.07) is 0. The van der Waals surface area contributed by atoms with Gasteiger partial charge in [-0.25, -0.2) is 0 Å². The van der Waals surface area contributed by atoms with Gasteiger partial charge in [-0.3, -0.25) is 9.59 Å². The molecule has 0 aliphatic heterocycles. The summed E-state index contributed by atoms with van der Waals surface area (Å²) >= 11 is 0. The number of carbonyl (C=O) groups excluding carboxylic acids is 1. The lowest BCUT2D eigenvalue weighted by atomic mass is 9.61. The zero-order chi connectivity index (χ0) is 15.1. The Morgan fingerprint density at radius 3 is 2.81 bits per heavy atom. The molecule has 0 aromatic heterocycles. The first kappa shape index (κ1) is 14.3. The fraction of sp³-hybridized carbons (Fsp3) is 0.529. The Balaban J connectivity index is 1.68. The summed E-state index contributed by atoms with van der Waals surface area (Å²) < 4.78 is 0. The second kappa shape index (κ2) is 5.26. The third-order valence-electron chi connectivity index (χ3n) is 5.07. The third kappa shape index (κ3) is 2.27. The number of carboxylic acids is 1. The number of aliphatic hydroxyl groups is 1. The number of Topliss-reactive ketones (excluding diaryl/α,β-unsaturated/α-hetero) is 1. The Hall–Kier alpha value is -1.68. The highest BCUT2D eigenvalue weighted by Gasteiger charge is 2.54. The van der Waals surface area contributed by atoms with Gasteiger partial charge in [-0.05, 0) is 30.8 Å². The van der Waals surface area contributed by atoms with Gasteiger partial charge in [-0.2, -0.15) is 0 Å². The largest absolute Gasteiger partial charge is 0.481 e. The van der Waals surface area contributed by atoms with E-state index in [1.807, 2.05) is 0 Å². The fourth-order valence-electron chi connectivity index (χ4n) is 3.73. The maximum Gasteiger partial charge on any atom is 0.310 e. The van der Waals surface area contributed by atoms with Gasteiger partial charge in [0.1, 0.15) is 5.78 Å². The van der Waals surface area contributed by atoms with Gasteiger partial charge < -0.3 is 10.2 Å². The highest BCUT2D eigenvalue weighted by atomic mass is 16.4. The number of carboxylic acid groups (broad SMARTS) is 1. The molecule has 1 fully saturated rings. The van der Waals surface area contributed by atoms with Crippen molar-refractivity contribution in [2.24, 2.45) is 23.7 Å². The lowest BCUT2D eigenvalue weighted by Gasteiger charge is -2.41. The molecule has 0 saturated heterocycles. The average Bonchev–Trinajstić information content (AvgIpc) is 2.86. The van der Waals surface area contributed by atoms with Crippen LogP contribution in [0.1, 0.15) is 26.2 Å². The molecule has 0 spiro atoms. The minimum absolute atomic E-state index is 0.000428. The van der Waals surface area contributed by atoms with Crippen molar-refractivity contribution in [2.45, 2.75) is 32.3 Å². The van der Waals surface area contributed by atoms with Gasteiger partial charge in [-0.1, -0.05) is 36.8 Å². The van der Waals surface area contributed by atoms with Gasteiger partial charge in [0.05, 0.1) is 17.9 Å². The Kier molecular flexibility index (Phi) is 3.57. The van der Waals surface area contributed by atoms with Crippen LogP contribution in [0.4, 0.5) is 0 Å². The van der Waals surface area contributed by atoms with E-state index in [1.54, 1.807) is 18.2 Å². The Morgan fingerprint density at radius 1 is 1.48 bits per heavy atom. The van der Waals surface area contributed by atoms with Crippen molar-refractivity contribution in [2.75, 3.05) is 0 Å². The smallest absolute Gasteiger partial charge is 0.310 e. The van der Waals surface area contributed by atoms with E-state index < -0.39 is 18.0 Å². The molecule has 4 nitrogen and oxygen atoms in total. The normalized spacial score (nSPS) is 35.6. The topological polar surface area (TPSA) is 74.6 Å². The third-order valence-corrected chi connectivity index (χ3v) is 5.07. The van der Waals surface area contributed by atoms with Gasteiger partial charge in [0.2, 0.25) is 0 Å². The first-order valence-corrected chi connectivity index (χ1v) is 7.55. The standard InChI is InChI=1S/C17H20O4/c1-2-9-7-12-13(8-9)16(19)14(12)15(18)10-3-5-11(6-4-10)17(20)21/h3-5,8,11-15,18H,2,6-7H2,1H3,(H,20,21)/t11?,12-,13+,14?,15?/m1/s1. The van der Waals surface area contributed by atoms with Crippen molar-refractivity contribution in [3.63, 3.8) is 0 Å². The lowest BCUT2D eigenvalue weighted by molar-refractivity contribution is -0.144. The number of aliphatic hydroxyl groups excluding tert-OH is 1. The molecule has 3 aliphatic rings. The summed E-state index contributed by atoms with van der Waals surface area (Å²) in [5, 5.41) is 19.4. The molecular formula is C17H20O4. The number of fused-ring (bicyclic) bond motifs is 1. The fourth-order valence-corrected chi connectivity index (χ4v) is 3.73. The number of ketones is 1. The first-order chi connectivity index (χ1) is 10.0. The molecule has 21 heavy (non-hydrogen) atoms. The molecule has 4 heteroatoms. The molecule has 3 aliphatic carbocycles. The highest BCUT2D eigenvalue weighted by Crippen LogP contribution is 2.50. The molecule has 0 amide bonds. The van der Waals surface area contributed by atoms with Crippen LogP contribution in [0.15, 0.2) is 35.5 Å². The number of allylic oxidation sites excluding steroid dienone is 3. The van der Waals surface area contributed by atoms with Crippen LogP contribution in [-0.2, 0) is 9.59 Å². The Bertz CT molecular complexity index is 569. The molecule has 0 heterocycles. The molecule has 0 aromatic rings. The van der Waals surface area contributed by atoms with E-state index in [2.05, 4.69) is 13.0 Å². The van der Waals surface area contributed by atoms with Crippen LogP contribution in [0.2, 0.25) is 0 Å². The summed E-state index contributed by atoms with van der Waals surface area (Å²) in [7, 11) is 0. The van der Waals surface area contributed by atoms with Crippen LogP contribution in [-0.4, -0.2) is 28.1 Å². The lowest BCUT2D eigenvalue weighted by Crippen LogP contribution is -2.51. The maximum absolute atomic E-state index is 12.2. The van der Waals surface area contributed by atoms with Gasteiger partial charge in [0.15, 0.2) is 0 Å². The van der Waals surface area contributed by atoms with E-state index in [4.69, 9.17) is 5.11 Å². The molecule has 0 radical (unpaired) electrons. The van der Waals surface area contributed by atoms with E-state index in [1.165, 1.54) is 5.57 Å². The van der Waals surface area contributed by atoms with Crippen LogP contribution in [0.25, 0.3) is 0 Å². The van der Waals surface area contributed by atoms with E-state index in [0.717, 1.165) is 12.8 Å². The quantitative estimate of drug-likeness (QED) is 0.777. The van der Waals surface area contributed by atoms with Crippen LogP contribution in [0.3, 0.4) is 0 Å². The Morgan fingerprint density at radius 2 is 2.24 bits per heavy atom. The van der Waals surface area contributed by atoms with E-state index in [0.29, 0.717) is 12.0 Å². The predicted molar refractivity (Wildman–Crippen MR) is 77.4 cm³/mol. The van der Waals surface area contributed by atoms with Crippen LogP contribution in [0, 0.1) is 23.7 Å². The molecule has 112 valence electrons. The summed E-state index contributed by atoms with van der Waals surface area (Å²) in [6.45, 7) is 2.09. The van der Waals surface area contributed by atoms with Crippen molar-refractivity contribution in [3.05, 3.63) is 35.5 Å². The summed E-state index contributed by atoms with van der Waals surface area (Å²) in [5.74, 6) is -1.35. The number of hydrogen-bond donors (Lipinski definition) is 2. The minimum atomic E-state index is -0.858. The number of carbonyl (C=O) groups is 2. The molecule has 0 bridgehead atoms. The predicted octanol–water partition coefficient (Wildman–Crippen LogP) is 2.11. The van der Waals surface area contributed by atoms with Crippen molar-refractivity contribution in [3.8, 4) is 0 Å². The van der Waals surface area contributed by atoms with Gasteiger partial charge >= 0.3 is 5.97 Å². The Labute approximate surface area is 123 Å². The van der Waals surface area contributed by atoms with Crippen LogP contribution >= 0.6 is 0 Å². The second-order valence-corrected chi connectivity index (χ2v) is 6.19. The number of aliphatic carboxylic acids is 1. The van der Waals surface area contributed by atoms with E-state index in [-0.39, 0.29) is 23.5 Å². The van der Waals surface area contributed by atoms with Crippen molar-refractivity contribution < 1.29 is 19.8 Å². The number of rotatable bonds is 4. The summed E-state index contributed by atoms with van der Waals surface area (Å²) in [4.78, 5) is 23.1. The highest BCUT2D eigenvalue weighted by molar-refractivity contribution is 5.93. The molecule has 2 N–H and O–H groups in total. The van der Waals surface area contributed by atoms with Crippen molar-refractivity contribution in [1.29, 1.82) is 0 Å². The zero-order valence-electron chi connectivity index (χ0n) is 12.0. The zero-order valence-corrected chi connectivity index (χ0v) is 12.0. The van der Waals surface area contributed by atoms with Gasteiger partial charge in [0.25, 0.3) is 0 Å². The molecule has 5 atom stereocenters. The average molecular weight is 288 g/mol. The van der Waals surface area contributed by atoms with Gasteiger partial charge in [0, 0.05) is 5.92 Å².